The molecule has 0 atom stereocenters. The van der Waals surface area contributed by atoms with Gasteiger partial charge in [-0.25, -0.2) is 4.79 Å². The maximum Gasteiger partial charge on any atom is 0.416 e. The fraction of sp³-hybridized carbons (Fsp3) is 0.0400. The average Bonchev–Trinajstić information content (AvgIpc) is 2.82. The molecule has 2 heterocycles. The van der Waals surface area contributed by atoms with Gasteiger partial charge in [0.05, 0.1) is 11.1 Å². The fourth-order valence-corrected chi connectivity index (χ4v) is 4.65. The standard InChI is InChI=1S/C25H14F3NO4S/c26-25(27,28)14-7-6-10-16(13-14)34-22-20(30)19-21(33-24(22)32)17-11-4-5-12-18(17)29(23(19)31)15-8-2-1-3-9-15/h1-13,30H. The van der Waals surface area contributed by atoms with Gasteiger partial charge in [0.2, 0.25) is 0 Å². The van der Waals surface area contributed by atoms with Crippen LogP contribution >= 0.6 is 11.8 Å². The number of alkyl halides is 3. The second kappa shape index (κ2) is 8.11. The zero-order valence-electron chi connectivity index (χ0n) is 17.2. The van der Waals surface area contributed by atoms with Crippen LogP contribution in [0.5, 0.6) is 5.75 Å². The molecule has 2 aromatic heterocycles. The zero-order valence-corrected chi connectivity index (χ0v) is 18.0. The third-order valence-electron chi connectivity index (χ3n) is 5.26. The first-order chi connectivity index (χ1) is 16.3. The van der Waals surface area contributed by atoms with E-state index in [2.05, 4.69) is 0 Å². The number of pyridine rings is 1. The molecule has 0 aliphatic carbocycles. The third kappa shape index (κ3) is 3.63. The Hall–Kier alpha value is -3.98. The van der Waals surface area contributed by atoms with Crippen LogP contribution in [0.2, 0.25) is 0 Å². The molecule has 0 saturated heterocycles. The molecule has 0 amide bonds. The number of fused-ring (bicyclic) bond motifs is 3. The van der Waals surface area contributed by atoms with Gasteiger partial charge in [-0.1, -0.05) is 48.2 Å². The molecule has 1 N–H and O–H groups in total. The number of benzene rings is 3. The SMILES string of the molecule is O=c1oc2c(c(O)c1Sc1cccc(C(F)(F)F)c1)c(=O)n(-c1ccccc1)c1ccccc21. The lowest BCUT2D eigenvalue weighted by molar-refractivity contribution is -0.137. The van der Waals surface area contributed by atoms with E-state index in [4.69, 9.17) is 4.42 Å². The first-order valence-corrected chi connectivity index (χ1v) is 10.8. The van der Waals surface area contributed by atoms with Gasteiger partial charge in [-0.3, -0.25) is 9.36 Å². The van der Waals surface area contributed by atoms with Gasteiger partial charge in [-0.15, -0.1) is 0 Å². The van der Waals surface area contributed by atoms with E-state index in [1.54, 1.807) is 54.6 Å². The maximum atomic E-state index is 13.5. The molecule has 5 nitrogen and oxygen atoms in total. The van der Waals surface area contributed by atoms with Crippen molar-refractivity contribution in [1.29, 1.82) is 0 Å². The number of nitrogens with zero attached hydrogens (tertiary/aromatic N) is 1. The van der Waals surface area contributed by atoms with Gasteiger partial charge in [-0.2, -0.15) is 13.2 Å². The second-order valence-corrected chi connectivity index (χ2v) is 8.48. The predicted molar refractivity (Wildman–Crippen MR) is 123 cm³/mol. The molecule has 0 fully saturated rings. The Labute approximate surface area is 193 Å². The Morgan fingerprint density at radius 3 is 2.32 bits per heavy atom. The first-order valence-electron chi connectivity index (χ1n) is 10.00. The molecule has 0 spiro atoms. The van der Waals surface area contributed by atoms with Crippen molar-refractivity contribution in [2.24, 2.45) is 0 Å². The molecule has 3 aromatic carbocycles. The van der Waals surface area contributed by atoms with Crippen LogP contribution in [0.4, 0.5) is 13.2 Å². The maximum absolute atomic E-state index is 13.5. The Morgan fingerprint density at radius 2 is 1.59 bits per heavy atom. The van der Waals surface area contributed by atoms with Crippen LogP contribution < -0.4 is 11.2 Å². The number of para-hydroxylation sites is 2. The largest absolute Gasteiger partial charge is 0.505 e. The molecule has 0 aliphatic rings. The monoisotopic (exact) mass is 481 g/mol. The summed E-state index contributed by atoms with van der Waals surface area (Å²) in [4.78, 5) is 26.0. The normalized spacial score (nSPS) is 11.9. The Bertz CT molecular complexity index is 1670. The third-order valence-corrected chi connectivity index (χ3v) is 6.32. The number of hydrogen-bond donors (Lipinski definition) is 1. The van der Waals surface area contributed by atoms with Crippen molar-refractivity contribution in [3.8, 4) is 11.4 Å². The van der Waals surface area contributed by atoms with Crippen LogP contribution in [-0.2, 0) is 6.18 Å². The average molecular weight is 481 g/mol. The van der Waals surface area contributed by atoms with Gasteiger partial charge in [-0.05, 0) is 42.5 Å². The molecule has 0 aliphatic heterocycles. The van der Waals surface area contributed by atoms with Gasteiger partial charge < -0.3 is 9.52 Å². The highest BCUT2D eigenvalue weighted by Gasteiger charge is 2.31. The van der Waals surface area contributed by atoms with Crippen LogP contribution in [0, 0.1) is 0 Å². The predicted octanol–water partition coefficient (Wildman–Crippen LogP) is 5.97. The van der Waals surface area contributed by atoms with Crippen molar-refractivity contribution in [1.82, 2.24) is 4.57 Å². The lowest BCUT2D eigenvalue weighted by Crippen LogP contribution is -2.20. The summed E-state index contributed by atoms with van der Waals surface area (Å²) in [5, 5.41) is 11.2. The van der Waals surface area contributed by atoms with E-state index < -0.39 is 28.7 Å². The van der Waals surface area contributed by atoms with Crippen LogP contribution in [0.15, 0.2) is 103 Å². The van der Waals surface area contributed by atoms with E-state index in [1.165, 1.54) is 16.7 Å². The van der Waals surface area contributed by atoms with Crippen molar-refractivity contribution in [2.45, 2.75) is 16.0 Å². The summed E-state index contributed by atoms with van der Waals surface area (Å²) in [5.41, 5.74) is -1.60. The van der Waals surface area contributed by atoms with Gasteiger partial charge >= 0.3 is 11.8 Å². The van der Waals surface area contributed by atoms with Crippen molar-refractivity contribution >= 4 is 33.6 Å². The van der Waals surface area contributed by atoms with E-state index >= 15 is 0 Å². The zero-order chi connectivity index (χ0) is 24.0. The topological polar surface area (TPSA) is 72.4 Å². The van der Waals surface area contributed by atoms with E-state index in [0.29, 0.717) is 28.4 Å². The molecular weight excluding hydrogens is 467 g/mol. The number of aromatic hydroxyl groups is 1. The Kier molecular flexibility index (Phi) is 5.21. The van der Waals surface area contributed by atoms with Crippen molar-refractivity contribution in [3.05, 3.63) is 105 Å². The van der Waals surface area contributed by atoms with Crippen molar-refractivity contribution < 1.29 is 22.7 Å². The van der Waals surface area contributed by atoms with Gasteiger partial charge in [0.1, 0.15) is 10.3 Å². The number of aromatic nitrogens is 1. The van der Waals surface area contributed by atoms with E-state index in [1.807, 2.05) is 0 Å². The minimum atomic E-state index is -4.57. The summed E-state index contributed by atoms with van der Waals surface area (Å²) in [5.74, 6) is -0.644. The molecular formula is C25H14F3NO4S. The van der Waals surface area contributed by atoms with Gasteiger partial charge in [0.15, 0.2) is 11.3 Å². The van der Waals surface area contributed by atoms with Crippen molar-refractivity contribution in [3.63, 3.8) is 0 Å². The van der Waals surface area contributed by atoms with Crippen LogP contribution in [-0.4, -0.2) is 9.67 Å². The molecule has 0 bridgehead atoms. The fourth-order valence-electron chi connectivity index (χ4n) is 3.75. The molecule has 0 unspecified atom stereocenters. The molecule has 5 aromatic rings. The second-order valence-electron chi connectivity index (χ2n) is 7.39. The lowest BCUT2D eigenvalue weighted by Gasteiger charge is -2.14. The summed E-state index contributed by atoms with van der Waals surface area (Å²) in [6.45, 7) is 0. The summed E-state index contributed by atoms with van der Waals surface area (Å²) in [6, 6.07) is 19.8. The minimum Gasteiger partial charge on any atom is -0.505 e. The summed E-state index contributed by atoms with van der Waals surface area (Å²) >= 11 is 0.597. The van der Waals surface area contributed by atoms with Crippen molar-refractivity contribution in [2.75, 3.05) is 0 Å². The first kappa shape index (κ1) is 21.8. The van der Waals surface area contributed by atoms with E-state index in [0.717, 1.165) is 12.1 Å². The lowest BCUT2D eigenvalue weighted by atomic mass is 10.1. The molecule has 9 heteroatoms. The van der Waals surface area contributed by atoms with Gasteiger partial charge in [0, 0.05) is 16.0 Å². The molecule has 0 radical (unpaired) electrons. The molecule has 34 heavy (non-hydrogen) atoms. The van der Waals surface area contributed by atoms with E-state index in [-0.39, 0.29) is 20.8 Å². The minimum absolute atomic E-state index is 0.0564. The van der Waals surface area contributed by atoms with E-state index in [9.17, 15) is 27.9 Å². The summed E-state index contributed by atoms with van der Waals surface area (Å²) in [6.07, 6.45) is -4.57. The number of rotatable bonds is 3. The van der Waals surface area contributed by atoms with Crippen LogP contribution in [0.3, 0.4) is 0 Å². The number of hydrogen-bond acceptors (Lipinski definition) is 5. The summed E-state index contributed by atoms with van der Waals surface area (Å²) < 4.78 is 46.1. The van der Waals surface area contributed by atoms with Crippen LogP contribution in [0.25, 0.3) is 27.6 Å². The number of halogens is 3. The Morgan fingerprint density at radius 1 is 0.882 bits per heavy atom. The highest BCUT2D eigenvalue weighted by atomic mass is 32.2. The smallest absolute Gasteiger partial charge is 0.416 e. The highest BCUT2D eigenvalue weighted by Crippen LogP contribution is 2.39. The quantitative estimate of drug-likeness (QED) is 0.321. The van der Waals surface area contributed by atoms with Crippen LogP contribution in [0.1, 0.15) is 5.56 Å². The Balaban J connectivity index is 1.79. The highest BCUT2D eigenvalue weighted by molar-refractivity contribution is 7.99. The summed E-state index contributed by atoms with van der Waals surface area (Å²) in [7, 11) is 0. The molecule has 0 saturated carbocycles. The molecule has 170 valence electrons. The van der Waals surface area contributed by atoms with Gasteiger partial charge in [0.25, 0.3) is 5.56 Å². The molecule has 5 rings (SSSR count).